The Hall–Kier alpha value is -1.54. The van der Waals surface area contributed by atoms with Crippen molar-refractivity contribution in [2.75, 3.05) is 6.61 Å². The lowest BCUT2D eigenvalue weighted by molar-refractivity contribution is -0.188. The SMILES string of the molecule is CC1=C[C@H]2[C@@]3(O)[C@H](C)C[C@]4(OC(=O)[C@@H](N)CC5CCCCC5)[C@H]([C@@H]3C=C(CO)C[C@]2(O)C1=O)C4(C)C. The third-order valence-electron chi connectivity index (χ3n) is 10.8. The third-order valence-corrected chi connectivity index (χ3v) is 10.8. The first-order chi connectivity index (χ1) is 16.8. The van der Waals surface area contributed by atoms with E-state index in [1.54, 1.807) is 13.0 Å². The van der Waals surface area contributed by atoms with Crippen LogP contribution in [0.5, 0.6) is 0 Å². The van der Waals surface area contributed by atoms with Gasteiger partial charge in [0.1, 0.15) is 17.2 Å². The van der Waals surface area contributed by atoms with Crippen LogP contribution in [0.15, 0.2) is 23.3 Å². The quantitative estimate of drug-likeness (QED) is 0.337. The number of ketones is 1. The monoisotopic (exact) mass is 501 g/mol. The number of fused-ring (bicyclic) bond motifs is 5. The molecule has 36 heavy (non-hydrogen) atoms. The molecule has 5 aliphatic carbocycles. The molecular weight excluding hydrogens is 458 g/mol. The molecular formula is C29H43NO6. The van der Waals surface area contributed by atoms with E-state index in [1.165, 1.54) is 19.3 Å². The van der Waals surface area contributed by atoms with E-state index in [0.717, 1.165) is 12.8 Å². The van der Waals surface area contributed by atoms with Gasteiger partial charge < -0.3 is 25.8 Å². The molecule has 7 nitrogen and oxygen atoms in total. The Kier molecular flexibility index (Phi) is 6.15. The van der Waals surface area contributed by atoms with Crippen molar-refractivity contribution in [2.24, 2.45) is 40.7 Å². The topological polar surface area (TPSA) is 130 Å². The van der Waals surface area contributed by atoms with Crippen LogP contribution in [0.2, 0.25) is 0 Å². The molecule has 0 radical (unpaired) electrons. The fourth-order valence-corrected chi connectivity index (χ4v) is 8.73. The van der Waals surface area contributed by atoms with Crippen molar-refractivity contribution in [3.8, 4) is 0 Å². The van der Waals surface area contributed by atoms with E-state index in [9.17, 15) is 24.9 Å². The predicted molar refractivity (Wildman–Crippen MR) is 134 cm³/mol. The molecule has 0 aromatic heterocycles. The number of rotatable bonds is 5. The Balaban J connectivity index is 1.46. The normalized spacial score (nSPS) is 44.4. The molecule has 3 saturated carbocycles. The molecule has 5 N–H and O–H groups in total. The molecule has 0 heterocycles. The Labute approximate surface area is 214 Å². The summed E-state index contributed by atoms with van der Waals surface area (Å²) in [5.41, 5.74) is 2.91. The number of aliphatic hydroxyl groups is 3. The molecule has 7 heteroatoms. The van der Waals surface area contributed by atoms with Gasteiger partial charge in [-0.3, -0.25) is 9.59 Å². The minimum absolute atomic E-state index is 0.0153. The summed E-state index contributed by atoms with van der Waals surface area (Å²) in [4.78, 5) is 26.3. The van der Waals surface area contributed by atoms with Gasteiger partial charge in [0.25, 0.3) is 0 Å². The molecule has 3 fully saturated rings. The fourth-order valence-electron chi connectivity index (χ4n) is 8.73. The van der Waals surface area contributed by atoms with Gasteiger partial charge in [-0.2, -0.15) is 0 Å². The van der Waals surface area contributed by atoms with Crippen molar-refractivity contribution in [3.63, 3.8) is 0 Å². The van der Waals surface area contributed by atoms with Gasteiger partial charge in [0.05, 0.1) is 12.2 Å². The van der Waals surface area contributed by atoms with Crippen molar-refractivity contribution in [2.45, 2.75) is 102 Å². The predicted octanol–water partition coefficient (Wildman–Crippen LogP) is 2.81. The maximum absolute atomic E-state index is 13.3. The number of carbonyl (C=O) groups excluding carboxylic acids is 2. The van der Waals surface area contributed by atoms with Gasteiger partial charge in [-0.1, -0.05) is 65.0 Å². The summed E-state index contributed by atoms with van der Waals surface area (Å²) >= 11 is 0. The van der Waals surface area contributed by atoms with Crippen molar-refractivity contribution in [3.05, 3.63) is 23.3 Å². The van der Waals surface area contributed by atoms with Crippen LogP contribution in [0.4, 0.5) is 0 Å². The molecule has 5 rings (SSSR count). The van der Waals surface area contributed by atoms with Crippen LogP contribution in [-0.2, 0) is 14.3 Å². The highest BCUT2D eigenvalue weighted by atomic mass is 16.6. The standard InChI is InChI=1S/C29H43NO6/c1-16-10-22-27(34,24(16)32)14-19(15-31)11-20-23-26(3,4)28(23,13-17(2)29(20,22)35)36-25(33)21(30)12-18-8-6-5-7-9-18/h10-11,17-18,20-23,31,34-35H,5-9,12-15,30H2,1-4H3/t17-,20+,21+,22-,23-,27-,28+,29-/m1/s1. The molecule has 200 valence electrons. The van der Waals surface area contributed by atoms with Crippen molar-refractivity contribution in [1.82, 2.24) is 0 Å². The summed E-state index contributed by atoms with van der Waals surface area (Å²) < 4.78 is 6.31. The molecule has 0 aliphatic heterocycles. The Morgan fingerprint density at radius 2 is 1.86 bits per heavy atom. The summed E-state index contributed by atoms with van der Waals surface area (Å²) in [6, 6.07) is -0.670. The Morgan fingerprint density at radius 3 is 2.50 bits per heavy atom. The second-order valence-electron chi connectivity index (χ2n) is 13.1. The summed E-state index contributed by atoms with van der Waals surface area (Å²) in [6.07, 6.45) is 10.5. The van der Waals surface area contributed by atoms with Gasteiger partial charge in [0.2, 0.25) is 0 Å². The van der Waals surface area contributed by atoms with Crippen LogP contribution in [0, 0.1) is 35.0 Å². The highest BCUT2D eigenvalue weighted by molar-refractivity contribution is 6.04. The minimum Gasteiger partial charge on any atom is -0.457 e. The average Bonchev–Trinajstić information content (AvgIpc) is 3.23. The molecule has 8 atom stereocenters. The van der Waals surface area contributed by atoms with Gasteiger partial charge in [0.15, 0.2) is 5.78 Å². The van der Waals surface area contributed by atoms with E-state index >= 15 is 0 Å². The van der Waals surface area contributed by atoms with E-state index in [1.807, 2.05) is 13.0 Å². The molecule has 0 amide bonds. The molecule has 0 bridgehead atoms. The Morgan fingerprint density at radius 1 is 1.19 bits per heavy atom. The number of hydrogen-bond donors (Lipinski definition) is 4. The molecule has 0 saturated heterocycles. The van der Waals surface area contributed by atoms with Gasteiger partial charge in [-0.15, -0.1) is 0 Å². The summed E-state index contributed by atoms with van der Waals surface area (Å²) in [6.45, 7) is 7.39. The number of nitrogens with two attached hydrogens (primary N) is 1. The molecule has 0 aromatic rings. The van der Waals surface area contributed by atoms with Gasteiger partial charge in [-0.05, 0) is 42.7 Å². The van der Waals surface area contributed by atoms with E-state index < -0.39 is 40.1 Å². The second kappa shape index (κ2) is 8.48. The highest BCUT2D eigenvalue weighted by Gasteiger charge is 2.83. The number of hydrogen-bond acceptors (Lipinski definition) is 7. The van der Waals surface area contributed by atoms with E-state index in [4.69, 9.17) is 10.5 Å². The maximum atomic E-state index is 13.3. The van der Waals surface area contributed by atoms with Gasteiger partial charge in [-0.25, -0.2) is 0 Å². The smallest absolute Gasteiger partial charge is 0.323 e. The minimum atomic E-state index is -1.78. The first kappa shape index (κ1) is 26.1. The van der Waals surface area contributed by atoms with E-state index in [2.05, 4.69) is 13.8 Å². The van der Waals surface area contributed by atoms with Crippen molar-refractivity contribution < 1.29 is 29.6 Å². The van der Waals surface area contributed by atoms with Crippen LogP contribution in [0.25, 0.3) is 0 Å². The lowest BCUT2D eigenvalue weighted by Gasteiger charge is -2.50. The lowest BCUT2D eigenvalue weighted by Crippen LogP contribution is -2.61. The average molecular weight is 502 g/mol. The number of carbonyl (C=O) groups is 2. The zero-order chi connectivity index (χ0) is 26.3. The van der Waals surface area contributed by atoms with Gasteiger partial charge in [0, 0.05) is 29.6 Å². The third kappa shape index (κ3) is 3.45. The first-order valence-corrected chi connectivity index (χ1v) is 13.8. The zero-order valence-corrected chi connectivity index (χ0v) is 22.1. The number of aliphatic hydroxyl groups excluding tert-OH is 1. The van der Waals surface area contributed by atoms with Crippen LogP contribution < -0.4 is 5.73 Å². The second-order valence-corrected chi connectivity index (χ2v) is 13.1. The number of Topliss-reactive ketones (excluding diaryl/α,β-unsaturated/α-hetero) is 1. The molecule has 5 aliphatic rings. The van der Waals surface area contributed by atoms with Crippen molar-refractivity contribution >= 4 is 11.8 Å². The fraction of sp³-hybridized carbons (Fsp3) is 0.793. The van der Waals surface area contributed by atoms with E-state index in [-0.39, 0.29) is 36.6 Å². The molecule has 0 aromatic carbocycles. The first-order valence-electron chi connectivity index (χ1n) is 13.8. The van der Waals surface area contributed by atoms with E-state index in [0.29, 0.717) is 29.9 Å². The lowest BCUT2D eigenvalue weighted by atomic mass is 9.60. The van der Waals surface area contributed by atoms with Gasteiger partial charge >= 0.3 is 5.97 Å². The zero-order valence-electron chi connectivity index (χ0n) is 22.1. The molecule has 0 spiro atoms. The number of esters is 1. The summed E-state index contributed by atoms with van der Waals surface area (Å²) in [5.74, 6) is -2.18. The summed E-state index contributed by atoms with van der Waals surface area (Å²) in [5, 5.41) is 34.1. The van der Waals surface area contributed by atoms with Crippen LogP contribution >= 0.6 is 0 Å². The maximum Gasteiger partial charge on any atom is 0.323 e. The van der Waals surface area contributed by atoms with Crippen molar-refractivity contribution in [1.29, 1.82) is 0 Å². The summed E-state index contributed by atoms with van der Waals surface area (Å²) in [7, 11) is 0. The van der Waals surface area contributed by atoms with Crippen LogP contribution in [0.3, 0.4) is 0 Å². The molecule has 0 unspecified atom stereocenters. The number of ether oxygens (including phenoxy) is 1. The van der Waals surface area contributed by atoms with Crippen LogP contribution in [-0.4, -0.2) is 56.5 Å². The Bertz CT molecular complexity index is 1010. The van der Waals surface area contributed by atoms with Crippen LogP contribution in [0.1, 0.15) is 79.1 Å². The largest absolute Gasteiger partial charge is 0.457 e. The highest BCUT2D eigenvalue weighted by Crippen LogP contribution is 2.76.